The van der Waals surface area contributed by atoms with Gasteiger partial charge in [0.25, 0.3) is 0 Å². The number of hydrogen-bond acceptors (Lipinski definition) is 3. The van der Waals surface area contributed by atoms with Crippen LogP contribution >= 0.6 is 11.6 Å². The molecule has 2 aliphatic rings. The third kappa shape index (κ3) is 5.15. The SMILES string of the molecule is O=C(O)c1cc(C2CC2)c(OCC2(F)CCN(Cc3ccc(F)c(Cl)c3)CC2)cc1F. The Morgan fingerprint density at radius 2 is 1.87 bits per heavy atom. The maximum atomic E-state index is 15.3. The van der Waals surface area contributed by atoms with Crippen LogP contribution < -0.4 is 4.74 Å². The Morgan fingerprint density at radius 1 is 1.16 bits per heavy atom. The van der Waals surface area contributed by atoms with Crippen molar-refractivity contribution < 1.29 is 27.8 Å². The highest BCUT2D eigenvalue weighted by atomic mass is 35.5. The number of ether oxygens (including phenoxy) is 1. The summed E-state index contributed by atoms with van der Waals surface area (Å²) in [6, 6.07) is 6.93. The average Bonchev–Trinajstić information content (AvgIpc) is 3.56. The zero-order valence-electron chi connectivity index (χ0n) is 16.8. The molecule has 0 spiro atoms. The quantitative estimate of drug-likeness (QED) is 0.595. The van der Waals surface area contributed by atoms with Gasteiger partial charge in [0, 0.05) is 25.7 Å². The smallest absolute Gasteiger partial charge is 0.338 e. The van der Waals surface area contributed by atoms with E-state index in [0.29, 0.717) is 25.2 Å². The minimum Gasteiger partial charge on any atom is -0.490 e. The molecule has 8 heteroatoms. The van der Waals surface area contributed by atoms with E-state index in [2.05, 4.69) is 4.90 Å². The summed E-state index contributed by atoms with van der Waals surface area (Å²) in [6.07, 6.45) is 2.25. The van der Waals surface area contributed by atoms with Crippen LogP contribution in [0.2, 0.25) is 5.02 Å². The molecular formula is C23H23ClF3NO3. The lowest BCUT2D eigenvalue weighted by Crippen LogP contribution is -2.44. The number of carbonyl (C=O) groups is 1. The highest BCUT2D eigenvalue weighted by molar-refractivity contribution is 6.30. The van der Waals surface area contributed by atoms with Gasteiger partial charge < -0.3 is 9.84 Å². The van der Waals surface area contributed by atoms with Crippen LogP contribution in [0.15, 0.2) is 30.3 Å². The van der Waals surface area contributed by atoms with E-state index in [0.717, 1.165) is 24.5 Å². The second kappa shape index (κ2) is 8.71. The third-order valence-corrected chi connectivity index (χ3v) is 6.27. The molecule has 1 heterocycles. The van der Waals surface area contributed by atoms with E-state index in [1.54, 1.807) is 12.1 Å². The fourth-order valence-electron chi connectivity index (χ4n) is 3.93. The number of benzene rings is 2. The Morgan fingerprint density at radius 3 is 2.48 bits per heavy atom. The summed E-state index contributed by atoms with van der Waals surface area (Å²) in [5.74, 6) is -2.32. The van der Waals surface area contributed by atoms with Crippen molar-refractivity contribution in [2.75, 3.05) is 19.7 Å². The molecule has 0 radical (unpaired) electrons. The second-order valence-electron chi connectivity index (χ2n) is 8.41. The van der Waals surface area contributed by atoms with Crippen molar-refractivity contribution in [2.24, 2.45) is 0 Å². The molecule has 166 valence electrons. The highest BCUT2D eigenvalue weighted by Crippen LogP contribution is 2.45. The molecule has 0 unspecified atom stereocenters. The Labute approximate surface area is 183 Å². The molecule has 0 atom stereocenters. The Hall–Kier alpha value is -2.25. The zero-order valence-corrected chi connectivity index (χ0v) is 17.6. The van der Waals surface area contributed by atoms with Gasteiger partial charge in [-0.25, -0.2) is 18.0 Å². The number of aromatic carboxylic acids is 1. The number of carboxylic acids is 1. The molecule has 2 fully saturated rings. The maximum absolute atomic E-state index is 15.3. The first kappa shape index (κ1) is 22.0. The van der Waals surface area contributed by atoms with Gasteiger partial charge in [-0.1, -0.05) is 17.7 Å². The molecule has 4 nitrogen and oxygen atoms in total. The van der Waals surface area contributed by atoms with Crippen LogP contribution in [-0.4, -0.2) is 41.3 Å². The van der Waals surface area contributed by atoms with Gasteiger partial charge in [-0.05, 0) is 60.9 Å². The van der Waals surface area contributed by atoms with E-state index in [4.69, 9.17) is 21.4 Å². The lowest BCUT2D eigenvalue weighted by atomic mass is 9.94. The van der Waals surface area contributed by atoms with Gasteiger partial charge in [-0.2, -0.15) is 0 Å². The fraction of sp³-hybridized carbons (Fsp3) is 0.435. The van der Waals surface area contributed by atoms with Crippen molar-refractivity contribution in [1.29, 1.82) is 0 Å². The van der Waals surface area contributed by atoms with Gasteiger partial charge in [-0.3, -0.25) is 4.90 Å². The summed E-state index contributed by atoms with van der Waals surface area (Å²) in [5.41, 5.74) is -0.455. The van der Waals surface area contributed by atoms with Crippen LogP contribution in [0.4, 0.5) is 13.2 Å². The molecule has 1 saturated carbocycles. The van der Waals surface area contributed by atoms with Gasteiger partial charge in [0.1, 0.15) is 29.7 Å². The molecule has 1 N–H and O–H groups in total. The maximum Gasteiger partial charge on any atom is 0.338 e. The van der Waals surface area contributed by atoms with Crippen LogP contribution in [0.5, 0.6) is 5.75 Å². The molecule has 0 aromatic heterocycles. The first-order chi connectivity index (χ1) is 14.7. The summed E-state index contributed by atoms with van der Waals surface area (Å²) < 4.78 is 48.5. The van der Waals surface area contributed by atoms with E-state index in [1.807, 2.05) is 0 Å². The lowest BCUT2D eigenvalue weighted by Gasteiger charge is -2.36. The normalized spacial score (nSPS) is 18.7. The van der Waals surface area contributed by atoms with Gasteiger partial charge in [-0.15, -0.1) is 0 Å². The zero-order chi connectivity index (χ0) is 22.2. The van der Waals surface area contributed by atoms with Gasteiger partial charge in [0.05, 0.1) is 10.6 Å². The number of carboxylic acid groups (broad SMARTS) is 1. The summed E-state index contributed by atoms with van der Waals surface area (Å²) in [4.78, 5) is 13.3. The van der Waals surface area contributed by atoms with Crippen molar-refractivity contribution in [3.05, 3.63) is 63.7 Å². The van der Waals surface area contributed by atoms with Gasteiger partial charge >= 0.3 is 5.97 Å². The van der Waals surface area contributed by atoms with Crippen LogP contribution in [0.25, 0.3) is 0 Å². The van der Waals surface area contributed by atoms with Crippen molar-refractivity contribution in [3.63, 3.8) is 0 Å². The predicted octanol–water partition coefficient (Wildman–Crippen LogP) is 5.58. The molecule has 2 aromatic carbocycles. The lowest BCUT2D eigenvalue weighted by molar-refractivity contribution is 0.0148. The first-order valence-electron chi connectivity index (χ1n) is 10.3. The van der Waals surface area contributed by atoms with E-state index in [-0.39, 0.29) is 36.1 Å². The van der Waals surface area contributed by atoms with E-state index in [9.17, 15) is 13.6 Å². The minimum absolute atomic E-state index is 0.0652. The Balaban J connectivity index is 1.37. The number of hydrogen-bond donors (Lipinski definition) is 1. The van der Waals surface area contributed by atoms with Gasteiger partial charge in [0.15, 0.2) is 0 Å². The van der Waals surface area contributed by atoms with Crippen molar-refractivity contribution >= 4 is 17.6 Å². The first-order valence-corrected chi connectivity index (χ1v) is 10.7. The van der Waals surface area contributed by atoms with Crippen LogP contribution in [0, 0.1) is 11.6 Å². The summed E-state index contributed by atoms with van der Waals surface area (Å²) in [7, 11) is 0. The molecule has 2 aromatic rings. The van der Waals surface area contributed by atoms with Gasteiger partial charge in [0.2, 0.25) is 0 Å². The van der Waals surface area contributed by atoms with Crippen LogP contribution in [0.3, 0.4) is 0 Å². The minimum atomic E-state index is -1.56. The topological polar surface area (TPSA) is 49.8 Å². The standard InChI is InChI=1S/C23H23ClF3NO3/c24-18-9-14(1-4-19(18)25)12-28-7-5-23(27,6-8-28)13-31-21-11-20(26)17(22(29)30)10-16(21)15-2-3-15/h1,4,9-11,15H,2-3,5-8,12-13H2,(H,29,30). The molecule has 4 rings (SSSR count). The molecular weight excluding hydrogens is 431 g/mol. The molecule has 1 aliphatic heterocycles. The average molecular weight is 454 g/mol. The number of piperidine rings is 1. The van der Waals surface area contributed by atoms with Crippen LogP contribution in [-0.2, 0) is 6.54 Å². The summed E-state index contributed by atoms with van der Waals surface area (Å²) in [6.45, 7) is 1.33. The Bertz CT molecular complexity index is 988. The number of rotatable bonds is 7. The predicted molar refractivity (Wildman–Crippen MR) is 111 cm³/mol. The number of nitrogens with zero attached hydrogens (tertiary/aromatic N) is 1. The van der Waals surface area contributed by atoms with E-state index in [1.165, 1.54) is 12.1 Å². The molecule has 0 amide bonds. The number of alkyl halides is 1. The van der Waals surface area contributed by atoms with E-state index >= 15 is 4.39 Å². The monoisotopic (exact) mass is 453 g/mol. The number of likely N-dealkylation sites (tertiary alicyclic amines) is 1. The summed E-state index contributed by atoms with van der Waals surface area (Å²) in [5, 5.41) is 9.21. The molecule has 0 bridgehead atoms. The largest absolute Gasteiger partial charge is 0.490 e. The number of halogens is 4. The third-order valence-electron chi connectivity index (χ3n) is 5.98. The summed E-state index contributed by atoms with van der Waals surface area (Å²) >= 11 is 5.82. The van der Waals surface area contributed by atoms with Crippen molar-refractivity contribution in [2.45, 2.75) is 43.8 Å². The van der Waals surface area contributed by atoms with E-state index < -0.39 is 28.8 Å². The highest BCUT2D eigenvalue weighted by Gasteiger charge is 2.36. The second-order valence-corrected chi connectivity index (χ2v) is 8.82. The molecule has 1 saturated heterocycles. The van der Waals surface area contributed by atoms with Crippen molar-refractivity contribution in [1.82, 2.24) is 4.90 Å². The van der Waals surface area contributed by atoms with Crippen LogP contribution in [0.1, 0.15) is 53.1 Å². The fourth-order valence-corrected chi connectivity index (χ4v) is 4.14. The van der Waals surface area contributed by atoms with Crippen molar-refractivity contribution in [3.8, 4) is 5.75 Å². The molecule has 31 heavy (non-hydrogen) atoms. The molecule has 1 aliphatic carbocycles. The Kier molecular flexibility index (Phi) is 6.17.